The molecule has 2 aromatic rings. The minimum atomic E-state index is -1.54. The number of para-hydroxylation sites is 1. The van der Waals surface area contributed by atoms with Gasteiger partial charge in [0.05, 0.1) is 6.61 Å². The highest BCUT2D eigenvalue weighted by Crippen LogP contribution is 2.25. The summed E-state index contributed by atoms with van der Waals surface area (Å²) in [5.41, 5.74) is 1.52. The first kappa shape index (κ1) is 51.1. The Kier molecular flexibility index (Phi) is 18.7. The van der Waals surface area contributed by atoms with Crippen LogP contribution in [0.3, 0.4) is 0 Å². The van der Waals surface area contributed by atoms with Crippen LogP contribution in [-0.4, -0.2) is 148 Å². The number of aromatic nitrogens is 1. The number of benzene rings is 1. The van der Waals surface area contributed by atoms with Gasteiger partial charge in [0.25, 0.3) is 0 Å². The SMILES string of the molecule is CC[C@H](C)[C@H](NC(=O)[C@@H]1CCCN1C(=O)[C@H](CC(C)C)NC(C)=O)C(=O)N[C@@H](CO)C(=O)N[C@@H](Cc1c[nH]c2ccccc12)C(=O)N1CCC[C@H]1C(=O)N[C@@H](CC(C)C)C(=O)N(C)C. The highest BCUT2D eigenvalue weighted by Gasteiger charge is 2.42. The number of fused-ring (bicyclic) bond motifs is 1. The summed E-state index contributed by atoms with van der Waals surface area (Å²) < 4.78 is 0. The third-order valence-corrected chi connectivity index (χ3v) is 12.1. The number of H-pyrrole nitrogens is 1. The third-order valence-electron chi connectivity index (χ3n) is 12.1. The van der Waals surface area contributed by atoms with Crippen LogP contribution in [0.2, 0.25) is 0 Å². The van der Waals surface area contributed by atoms with E-state index in [1.807, 2.05) is 58.9 Å². The van der Waals surface area contributed by atoms with Gasteiger partial charge < -0.3 is 51.4 Å². The van der Waals surface area contributed by atoms with E-state index in [0.29, 0.717) is 57.1 Å². The number of carbonyl (C=O) groups is 8. The lowest BCUT2D eigenvalue weighted by atomic mass is 9.97. The number of aromatic amines is 1. The minimum absolute atomic E-state index is 0.00271. The number of carbonyl (C=O) groups excluding carboxylic acids is 8. The maximum absolute atomic E-state index is 14.6. The Bertz CT molecular complexity index is 1980. The van der Waals surface area contributed by atoms with E-state index in [1.54, 1.807) is 27.2 Å². The molecular weight excluding hydrogens is 823 g/mol. The molecule has 7 N–H and O–H groups in total. The number of likely N-dealkylation sites (N-methyl/N-ethyl adjacent to an activating group) is 1. The summed E-state index contributed by atoms with van der Waals surface area (Å²) in [4.78, 5) is 117. The molecule has 8 atom stereocenters. The van der Waals surface area contributed by atoms with Crippen molar-refractivity contribution in [2.75, 3.05) is 33.8 Å². The number of aliphatic hydroxyl groups excluding tert-OH is 1. The van der Waals surface area contributed by atoms with Gasteiger partial charge in [0.2, 0.25) is 47.3 Å². The molecule has 3 heterocycles. The first-order chi connectivity index (χ1) is 30.3. The number of nitrogens with one attached hydrogen (secondary N) is 6. The largest absolute Gasteiger partial charge is 0.394 e. The summed E-state index contributed by atoms with van der Waals surface area (Å²) in [6.07, 6.45) is 4.71. The van der Waals surface area contributed by atoms with Gasteiger partial charge in [-0.25, -0.2) is 0 Å². The quantitative estimate of drug-likeness (QED) is 0.0956. The van der Waals surface area contributed by atoms with E-state index in [1.165, 1.54) is 21.6 Å². The number of hydrogen-bond donors (Lipinski definition) is 7. The molecule has 1 aromatic carbocycles. The lowest BCUT2D eigenvalue weighted by Crippen LogP contribution is -2.61. The number of nitrogens with zero attached hydrogens (tertiary/aromatic N) is 3. The Morgan fingerprint density at radius 3 is 1.83 bits per heavy atom. The predicted octanol–water partition coefficient (Wildman–Crippen LogP) is 1.36. The van der Waals surface area contributed by atoms with E-state index < -0.39 is 84.4 Å². The van der Waals surface area contributed by atoms with Crippen molar-refractivity contribution in [1.82, 2.24) is 46.3 Å². The molecule has 18 heteroatoms. The zero-order valence-electron chi connectivity index (χ0n) is 39.0. The summed E-state index contributed by atoms with van der Waals surface area (Å²) in [6, 6.07) is 0.0952. The Balaban J connectivity index is 1.55. The molecule has 0 bridgehead atoms. The van der Waals surface area contributed by atoms with Crippen molar-refractivity contribution in [3.63, 3.8) is 0 Å². The van der Waals surface area contributed by atoms with Crippen molar-refractivity contribution in [3.05, 3.63) is 36.0 Å². The first-order valence-electron chi connectivity index (χ1n) is 22.7. The van der Waals surface area contributed by atoms with Crippen LogP contribution in [0.4, 0.5) is 0 Å². The molecule has 8 amide bonds. The lowest BCUT2D eigenvalue weighted by Gasteiger charge is -2.32. The second-order valence-electron chi connectivity index (χ2n) is 18.4. The molecule has 0 unspecified atom stereocenters. The smallest absolute Gasteiger partial charge is 0.246 e. The number of amides is 8. The summed E-state index contributed by atoms with van der Waals surface area (Å²) in [5.74, 6) is -4.45. The number of hydrogen-bond acceptors (Lipinski definition) is 9. The predicted molar refractivity (Wildman–Crippen MR) is 241 cm³/mol. The van der Waals surface area contributed by atoms with Crippen LogP contribution in [0.5, 0.6) is 0 Å². The van der Waals surface area contributed by atoms with Gasteiger partial charge in [-0.2, -0.15) is 0 Å². The molecule has 18 nitrogen and oxygen atoms in total. The summed E-state index contributed by atoms with van der Waals surface area (Å²) in [5, 5.41) is 25.1. The molecule has 2 aliphatic heterocycles. The molecule has 1 aromatic heterocycles. The Morgan fingerprint density at radius 1 is 0.734 bits per heavy atom. The third kappa shape index (κ3) is 13.3. The number of rotatable bonds is 21. The van der Waals surface area contributed by atoms with Gasteiger partial charge in [-0.05, 0) is 67.9 Å². The molecule has 2 aliphatic rings. The van der Waals surface area contributed by atoms with Gasteiger partial charge in [-0.1, -0.05) is 66.2 Å². The highest BCUT2D eigenvalue weighted by molar-refractivity contribution is 5.98. The second-order valence-corrected chi connectivity index (χ2v) is 18.4. The molecule has 2 fully saturated rings. The average molecular weight is 894 g/mol. The van der Waals surface area contributed by atoms with Gasteiger partial charge in [-0.15, -0.1) is 0 Å². The van der Waals surface area contributed by atoms with Crippen LogP contribution in [0.25, 0.3) is 10.9 Å². The van der Waals surface area contributed by atoms with E-state index in [0.717, 1.165) is 10.9 Å². The van der Waals surface area contributed by atoms with Gasteiger partial charge in [0, 0.05) is 57.6 Å². The molecule has 0 saturated carbocycles. The monoisotopic (exact) mass is 894 g/mol. The van der Waals surface area contributed by atoms with Crippen molar-refractivity contribution >= 4 is 58.2 Å². The summed E-state index contributed by atoms with van der Waals surface area (Å²) >= 11 is 0. The van der Waals surface area contributed by atoms with Gasteiger partial charge in [0.1, 0.15) is 42.3 Å². The first-order valence-corrected chi connectivity index (χ1v) is 22.7. The lowest BCUT2D eigenvalue weighted by molar-refractivity contribution is -0.143. The van der Waals surface area contributed by atoms with Gasteiger partial charge >= 0.3 is 0 Å². The highest BCUT2D eigenvalue weighted by atomic mass is 16.3. The van der Waals surface area contributed by atoms with Crippen LogP contribution in [-0.2, 0) is 44.8 Å². The molecular formula is C46H71N9O9. The molecule has 0 radical (unpaired) electrons. The van der Waals surface area contributed by atoms with E-state index in [9.17, 15) is 43.5 Å². The maximum atomic E-state index is 14.6. The molecule has 4 rings (SSSR count). The Labute approximate surface area is 376 Å². The van der Waals surface area contributed by atoms with Gasteiger partial charge in [-0.3, -0.25) is 38.4 Å². The molecule has 2 saturated heterocycles. The topological polar surface area (TPSA) is 242 Å². The van der Waals surface area contributed by atoms with Crippen molar-refractivity contribution in [1.29, 1.82) is 0 Å². The van der Waals surface area contributed by atoms with Crippen molar-refractivity contribution in [2.24, 2.45) is 17.8 Å². The molecule has 0 spiro atoms. The Hall–Kier alpha value is -5.52. The second kappa shape index (κ2) is 23.4. The van der Waals surface area contributed by atoms with Crippen LogP contribution in [0, 0.1) is 17.8 Å². The summed E-state index contributed by atoms with van der Waals surface area (Å²) in [6.45, 7) is 12.4. The van der Waals surface area contributed by atoms with E-state index >= 15 is 0 Å². The van der Waals surface area contributed by atoms with Crippen LogP contribution < -0.4 is 26.6 Å². The van der Waals surface area contributed by atoms with E-state index in [-0.39, 0.29) is 42.5 Å². The van der Waals surface area contributed by atoms with E-state index in [4.69, 9.17) is 0 Å². The van der Waals surface area contributed by atoms with Crippen molar-refractivity contribution < 1.29 is 43.5 Å². The number of likely N-dealkylation sites (tertiary alicyclic amines) is 2. The minimum Gasteiger partial charge on any atom is -0.394 e. The molecule has 0 aliphatic carbocycles. The fourth-order valence-electron chi connectivity index (χ4n) is 8.62. The zero-order chi connectivity index (χ0) is 47.4. The normalized spacial score (nSPS) is 19.1. The van der Waals surface area contributed by atoms with E-state index in [2.05, 4.69) is 31.6 Å². The van der Waals surface area contributed by atoms with Crippen LogP contribution >= 0.6 is 0 Å². The number of aliphatic hydroxyl groups is 1. The molecule has 354 valence electrons. The fraction of sp³-hybridized carbons (Fsp3) is 0.652. The summed E-state index contributed by atoms with van der Waals surface area (Å²) in [7, 11) is 3.23. The fourth-order valence-corrected chi connectivity index (χ4v) is 8.62. The van der Waals surface area contributed by atoms with Crippen molar-refractivity contribution in [2.45, 2.75) is 142 Å². The van der Waals surface area contributed by atoms with Gasteiger partial charge in [0.15, 0.2) is 0 Å². The van der Waals surface area contributed by atoms with Crippen molar-refractivity contribution in [3.8, 4) is 0 Å². The van der Waals surface area contributed by atoms with Crippen LogP contribution in [0.15, 0.2) is 30.5 Å². The molecule has 64 heavy (non-hydrogen) atoms. The zero-order valence-corrected chi connectivity index (χ0v) is 39.0. The Morgan fingerprint density at radius 2 is 1.28 bits per heavy atom. The average Bonchev–Trinajstić information content (AvgIpc) is 4.03. The maximum Gasteiger partial charge on any atom is 0.246 e. The van der Waals surface area contributed by atoms with Crippen LogP contribution in [0.1, 0.15) is 99.0 Å². The standard InChI is InChI=1S/C46H71N9O9/c1-10-28(6)39(52-42(60)38-18-14-20-55(38)45(63)34(22-27(4)5)48-29(7)57)43(61)51-36(25-56)40(58)49-35(23-30-24-47-32-16-12-11-15-31(30)32)46(64)54-19-13-17-37(54)41(59)50-33(21-26(2)3)44(62)53(8)9/h11-12,15-16,24,26-28,33-39,47,56H,10,13-14,17-23,25H2,1-9H3,(H,48,57)(H,49,58)(H,50,59)(H,51,61)(H,52,60)/t28-,33-,34-,35-,36-,37-,38-,39-/m0/s1.